The average Bonchev–Trinajstić information content (AvgIpc) is 2.62. The molecular weight excluding hydrogens is 374 g/mol. The van der Waals surface area contributed by atoms with Crippen molar-refractivity contribution in [2.45, 2.75) is 38.7 Å². The number of hydrogen-bond acceptors (Lipinski definition) is 2. The van der Waals surface area contributed by atoms with E-state index in [1.54, 1.807) is 0 Å². The standard InChI is InChI=1S/C22H28BrNO/c1-17-11-14-24(15-12-17)16-13-22(2,25)19-9-7-18(8-10-19)20-5-3-4-6-21(20)23/h3-10,17,25H,11-16H2,1-2H3. The molecule has 0 amide bonds. The number of piperidine rings is 1. The van der Waals surface area contributed by atoms with E-state index in [-0.39, 0.29) is 0 Å². The van der Waals surface area contributed by atoms with Gasteiger partial charge in [0.05, 0.1) is 5.60 Å². The molecule has 25 heavy (non-hydrogen) atoms. The quantitative estimate of drug-likeness (QED) is 0.719. The summed E-state index contributed by atoms with van der Waals surface area (Å²) >= 11 is 3.61. The molecule has 2 aromatic carbocycles. The van der Waals surface area contributed by atoms with Crippen molar-refractivity contribution in [1.82, 2.24) is 4.90 Å². The van der Waals surface area contributed by atoms with Crippen molar-refractivity contribution in [3.05, 3.63) is 58.6 Å². The Morgan fingerprint density at radius 3 is 2.36 bits per heavy atom. The molecule has 134 valence electrons. The van der Waals surface area contributed by atoms with Gasteiger partial charge in [-0.15, -0.1) is 0 Å². The summed E-state index contributed by atoms with van der Waals surface area (Å²) in [7, 11) is 0. The third-order valence-electron chi connectivity index (χ3n) is 5.48. The molecular formula is C22H28BrNO. The number of aliphatic hydroxyl groups is 1. The van der Waals surface area contributed by atoms with E-state index in [2.05, 4.69) is 64.2 Å². The fourth-order valence-electron chi connectivity index (χ4n) is 3.51. The normalized spacial score (nSPS) is 18.9. The van der Waals surface area contributed by atoms with Crippen LogP contribution >= 0.6 is 15.9 Å². The molecule has 1 heterocycles. The van der Waals surface area contributed by atoms with Crippen LogP contribution in [0.3, 0.4) is 0 Å². The molecule has 3 heteroatoms. The second-order valence-electron chi connectivity index (χ2n) is 7.61. The first-order chi connectivity index (χ1) is 12.0. The molecule has 0 bridgehead atoms. The van der Waals surface area contributed by atoms with Gasteiger partial charge < -0.3 is 10.0 Å². The van der Waals surface area contributed by atoms with E-state index in [1.807, 2.05) is 19.1 Å². The van der Waals surface area contributed by atoms with Crippen molar-refractivity contribution in [2.75, 3.05) is 19.6 Å². The summed E-state index contributed by atoms with van der Waals surface area (Å²) in [6.45, 7) is 7.56. The van der Waals surface area contributed by atoms with E-state index in [9.17, 15) is 5.11 Å². The Morgan fingerprint density at radius 2 is 1.72 bits per heavy atom. The summed E-state index contributed by atoms with van der Waals surface area (Å²) in [5.74, 6) is 0.849. The van der Waals surface area contributed by atoms with Crippen LogP contribution < -0.4 is 0 Å². The maximum Gasteiger partial charge on any atom is 0.0880 e. The van der Waals surface area contributed by atoms with Gasteiger partial charge in [0, 0.05) is 11.0 Å². The zero-order valence-electron chi connectivity index (χ0n) is 15.2. The zero-order chi connectivity index (χ0) is 17.9. The lowest BCUT2D eigenvalue weighted by Crippen LogP contribution is -2.36. The van der Waals surface area contributed by atoms with Crippen molar-refractivity contribution in [1.29, 1.82) is 0 Å². The Bertz CT molecular complexity index is 687. The molecule has 1 aliphatic heterocycles. The molecule has 3 rings (SSSR count). The summed E-state index contributed by atoms with van der Waals surface area (Å²) in [4.78, 5) is 2.49. The minimum atomic E-state index is -0.782. The van der Waals surface area contributed by atoms with E-state index in [0.717, 1.165) is 47.6 Å². The predicted octanol–water partition coefficient (Wildman–Crippen LogP) is 5.45. The van der Waals surface area contributed by atoms with Crippen LogP contribution in [0, 0.1) is 5.92 Å². The van der Waals surface area contributed by atoms with Crippen molar-refractivity contribution in [2.24, 2.45) is 5.92 Å². The largest absolute Gasteiger partial charge is 0.385 e. The van der Waals surface area contributed by atoms with Crippen LogP contribution in [0.15, 0.2) is 53.0 Å². The average molecular weight is 402 g/mol. The summed E-state index contributed by atoms with van der Waals surface area (Å²) in [5.41, 5.74) is 2.55. The van der Waals surface area contributed by atoms with E-state index in [0.29, 0.717) is 0 Å². The molecule has 0 spiro atoms. The number of nitrogens with zero attached hydrogens (tertiary/aromatic N) is 1. The fourth-order valence-corrected chi connectivity index (χ4v) is 4.02. The highest BCUT2D eigenvalue weighted by Crippen LogP contribution is 2.31. The zero-order valence-corrected chi connectivity index (χ0v) is 16.8. The Kier molecular flexibility index (Phi) is 5.98. The number of rotatable bonds is 5. The van der Waals surface area contributed by atoms with Gasteiger partial charge in [-0.25, -0.2) is 0 Å². The Hall–Kier alpha value is -1.16. The van der Waals surface area contributed by atoms with Gasteiger partial charge in [0.2, 0.25) is 0 Å². The molecule has 0 radical (unpaired) electrons. The lowest BCUT2D eigenvalue weighted by Gasteiger charge is -2.33. The molecule has 2 nitrogen and oxygen atoms in total. The first kappa shape index (κ1) is 18.6. The van der Waals surface area contributed by atoms with Gasteiger partial charge in [0.25, 0.3) is 0 Å². The van der Waals surface area contributed by atoms with Gasteiger partial charge in [-0.05, 0) is 68.0 Å². The Morgan fingerprint density at radius 1 is 1.08 bits per heavy atom. The minimum Gasteiger partial charge on any atom is -0.385 e. The molecule has 1 N–H and O–H groups in total. The van der Waals surface area contributed by atoms with Gasteiger partial charge in [0.15, 0.2) is 0 Å². The number of hydrogen-bond donors (Lipinski definition) is 1. The molecule has 2 aromatic rings. The Balaban J connectivity index is 1.65. The predicted molar refractivity (Wildman–Crippen MR) is 109 cm³/mol. The van der Waals surface area contributed by atoms with Crippen molar-refractivity contribution in [3.63, 3.8) is 0 Å². The summed E-state index contributed by atoms with van der Waals surface area (Å²) in [6, 6.07) is 16.6. The first-order valence-electron chi connectivity index (χ1n) is 9.26. The molecule has 0 aliphatic carbocycles. The van der Waals surface area contributed by atoms with Crippen molar-refractivity contribution in [3.8, 4) is 11.1 Å². The lowest BCUT2D eigenvalue weighted by atomic mass is 9.90. The molecule has 1 aliphatic rings. The van der Waals surface area contributed by atoms with Crippen LogP contribution in [0.2, 0.25) is 0 Å². The summed E-state index contributed by atoms with van der Waals surface area (Å²) in [6.07, 6.45) is 3.33. The Labute approximate surface area is 160 Å². The van der Waals surface area contributed by atoms with Gasteiger partial charge in [-0.3, -0.25) is 0 Å². The third-order valence-corrected chi connectivity index (χ3v) is 6.17. The molecule has 1 fully saturated rings. The van der Waals surface area contributed by atoms with E-state index in [1.165, 1.54) is 18.4 Å². The van der Waals surface area contributed by atoms with Crippen LogP contribution in [-0.4, -0.2) is 29.6 Å². The van der Waals surface area contributed by atoms with Gasteiger partial charge in [0.1, 0.15) is 0 Å². The van der Waals surface area contributed by atoms with Crippen molar-refractivity contribution < 1.29 is 5.11 Å². The lowest BCUT2D eigenvalue weighted by molar-refractivity contribution is 0.0320. The van der Waals surface area contributed by atoms with Crippen molar-refractivity contribution >= 4 is 15.9 Å². The highest BCUT2D eigenvalue weighted by Gasteiger charge is 2.25. The highest BCUT2D eigenvalue weighted by molar-refractivity contribution is 9.10. The summed E-state index contributed by atoms with van der Waals surface area (Å²) < 4.78 is 1.09. The molecule has 1 unspecified atom stereocenters. The topological polar surface area (TPSA) is 23.5 Å². The van der Waals surface area contributed by atoms with Gasteiger partial charge in [-0.1, -0.05) is 65.3 Å². The van der Waals surface area contributed by atoms with E-state index in [4.69, 9.17) is 0 Å². The molecule has 0 aromatic heterocycles. The second kappa shape index (κ2) is 8.03. The van der Waals surface area contributed by atoms with Crippen LogP contribution in [0.1, 0.15) is 38.7 Å². The third kappa shape index (κ3) is 4.72. The smallest absolute Gasteiger partial charge is 0.0880 e. The number of likely N-dealkylation sites (tertiary alicyclic amines) is 1. The van der Waals surface area contributed by atoms with Crippen LogP contribution in [0.25, 0.3) is 11.1 Å². The maximum absolute atomic E-state index is 10.9. The number of halogens is 1. The monoisotopic (exact) mass is 401 g/mol. The fraction of sp³-hybridized carbons (Fsp3) is 0.455. The van der Waals surface area contributed by atoms with Crippen LogP contribution in [0.4, 0.5) is 0 Å². The summed E-state index contributed by atoms with van der Waals surface area (Å²) in [5, 5.41) is 10.9. The maximum atomic E-state index is 10.9. The first-order valence-corrected chi connectivity index (χ1v) is 10.1. The van der Waals surface area contributed by atoms with Crippen LogP contribution in [-0.2, 0) is 5.60 Å². The molecule has 1 atom stereocenters. The van der Waals surface area contributed by atoms with E-state index >= 15 is 0 Å². The van der Waals surface area contributed by atoms with E-state index < -0.39 is 5.60 Å². The minimum absolute atomic E-state index is 0.774. The second-order valence-corrected chi connectivity index (χ2v) is 8.46. The van der Waals surface area contributed by atoms with Gasteiger partial charge >= 0.3 is 0 Å². The van der Waals surface area contributed by atoms with Gasteiger partial charge in [-0.2, -0.15) is 0 Å². The van der Waals surface area contributed by atoms with Crippen LogP contribution in [0.5, 0.6) is 0 Å². The molecule has 1 saturated heterocycles. The molecule has 0 saturated carbocycles. The number of benzene rings is 2. The highest BCUT2D eigenvalue weighted by atomic mass is 79.9. The SMILES string of the molecule is CC1CCN(CCC(C)(O)c2ccc(-c3ccccc3Br)cc2)CC1.